The van der Waals surface area contributed by atoms with Crippen LogP contribution in [-0.4, -0.2) is 17.0 Å². The maximum Gasteiger partial charge on any atom is 0.149 e. The lowest BCUT2D eigenvalue weighted by atomic mass is 9.96. The van der Waals surface area contributed by atoms with Crippen molar-refractivity contribution in [3.05, 3.63) is 127 Å². The summed E-state index contributed by atoms with van der Waals surface area (Å²) in [5.74, 6) is -0.400. The first kappa shape index (κ1) is 22.0. The lowest BCUT2D eigenvalue weighted by molar-refractivity contribution is 0.629. The summed E-state index contributed by atoms with van der Waals surface area (Å²) in [6, 6.07) is 19.9. The molecule has 4 nitrogen and oxygen atoms in total. The summed E-state index contributed by atoms with van der Waals surface area (Å²) in [7, 11) is 1.85. The molecule has 0 fully saturated rings. The Labute approximate surface area is 193 Å². The molecule has 5 heteroatoms. The Bertz CT molecular complexity index is 1300. The average molecular weight is 437 g/mol. The van der Waals surface area contributed by atoms with E-state index in [1.165, 1.54) is 24.0 Å². The second-order valence-corrected chi connectivity index (χ2v) is 7.69. The van der Waals surface area contributed by atoms with E-state index in [4.69, 9.17) is 0 Å². The smallest absolute Gasteiger partial charge is 0.149 e. The summed E-state index contributed by atoms with van der Waals surface area (Å²) < 4.78 is 14.0. The fourth-order valence-electron chi connectivity index (χ4n) is 3.64. The van der Waals surface area contributed by atoms with Crippen LogP contribution in [0, 0.1) is 5.82 Å². The van der Waals surface area contributed by atoms with E-state index in [0.717, 1.165) is 34.4 Å². The molecule has 0 spiro atoms. The van der Waals surface area contributed by atoms with Gasteiger partial charge in [-0.15, -0.1) is 0 Å². The van der Waals surface area contributed by atoms with Crippen molar-refractivity contribution < 1.29 is 4.39 Å². The number of allylic oxidation sites excluding steroid dienone is 1. The second kappa shape index (κ2) is 9.92. The summed E-state index contributed by atoms with van der Waals surface area (Å²) in [4.78, 5) is 8.42. The predicted octanol–water partition coefficient (Wildman–Crippen LogP) is 6.55. The minimum Gasteiger partial charge on any atom is -0.388 e. The summed E-state index contributed by atoms with van der Waals surface area (Å²) in [6.45, 7) is 8.27. The first-order chi connectivity index (χ1) is 16.0. The summed E-state index contributed by atoms with van der Waals surface area (Å²) in [6.07, 6.45) is 7.39. The van der Waals surface area contributed by atoms with Crippen LogP contribution >= 0.6 is 0 Å². The van der Waals surface area contributed by atoms with E-state index in [1.807, 2.05) is 55.8 Å². The molecule has 2 heterocycles. The van der Waals surface area contributed by atoms with Gasteiger partial charge in [-0.25, -0.2) is 4.39 Å². The lowest BCUT2D eigenvalue weighted by Crippen LogP contribution is -2.04. The SMILES string of the molecule is C=C(Nc1cnccc1F)C(=C)c1cc(-c2cncc(Cc3ccccc3)c2)ccc1NC. The molecule has 4 rings (SSSR count). The van der Waals surface area contributed by atoms with E-state index >= 15 is 0 Å². The monoisotopic (exact) mass is 436 g/mol. The molecule has 2 N–H and O–H groups in total. The molecule has 0 aliphatic carbocycles. The van der Waals surface area contributed by atoms with E-state index < -0.39 is 5.82 Å². The molecule has 0 radical (unpaired) electrons. The van der Waals surface area contributed by atoms with E-state index in [-0.39, 0.29) is 5.69 Å². The van der Waals surface area contributed by atoms with Crippen LogP contribution in [-0.2, 0) is 6.42 Å². The van der Waals surface area contributed by atoms with Crippen LogP contribution in [0.4, 0.5) is 15.8 Å². The normalized spacial score (nSPS) is 10.5. The van der Waals surface area contributed by atoms with Crippen LogP contribution in [0.15, 0.2) is 104 Å². The Morgan fingerprint density at radius 1 is 0.848 bits per heavy atom. The standard InChI is InChI=1S/C28H25FN4/c1-19(20(2)33-28-18-31-12-11-26(28)29)25-15-23(9-10-27(25)30-3)24-14-22(16-32-17-24)13-21-7-5-4-6-8-21/h4-12,14-18,30,33H,1-2,13H2,3H3. The van der Waals surface area contributed by atoms with Gasteiger partial charge in [0.15, 0.2) is 0 Å². The van der Waals surface area contributed by atoms with Crippen LogP contribution in [0.5, 0.6) is 0 Å². The van der Waals surface area contributed by atoms with Crippen molar-refractivity contribution >= 4 is 16.9 Å². The minimum absolute atomic E-state index is 0.253. The van der Waals surface area contributed by atoms with Crippen molar-refractivity contribution in [2.24, 2.45) is 0 Å². The Morgan fingerprint density at radius 2 is 1.67 bits per heavy atom. The van der Waals surface area contributed by atoms with Gasteiger partial charge < -0.3 is 10.6 Å². The van der Waals surface area contributed by atoms with Gasteiger partial charge in [0.2, 0.25) is 0 Å². The number of benzene rings is 2. The van der Waals surface area contributed by atoms with E-state index in [0.29, 0.717) is 11.3 Å². The van der Waals surface area contributed by atoms with Crippen molar-refractivity contribution in [1.29, 1.82) is 0 Å². The highest BCUT2D eigenvalue weighted by atomic mass is 19.1. The zero-order chi connectivity index (χ0) is 23.2. The highest BCUT2D eigenvalue weighted by molar-refractivity contribution is 5.88. The zero-order valence-corrected chi connectivity index (χ0v) is 18.5. The van der Waals surface area contributed by atoms with Gasteiger partial charge in [0.25, 0.3) is 0 Å². The molecule has 0 unspecified atom stereocenters. The first-order valence-corrected chi connectivity index (χ1v) is 10.6. The van der Waals surface area contributed by atoms with Gasteiger partial charge in [-0.05, 0) is 52.9 Å². The first-order valence-electron chi connectivity index (χ1n) is 10.6. The van der Waals surface area contributed by atoms with Gasteiger partial charge in [-0.3, -0.25) is 9.97 Å². The third kappa shape index (κ3) is 5.15. The van der Waals surface area contributed by atoms with Gasteiger partial charge in [0, 0.05) is 48.1 Å². The molecule has 0 aliphatic rings. The van der Waals surface area contributed by atoms with Crippen molar-refractivity contribution in [2.45, 2.75) is 6.42 Å². The predicted molar refractivity (Wildman–Crippen MR) is 134 cm³/mol. The largest absolute Gasteiger partial charge is 0.388 e. The van der Waals surface area contributed by atoms with Gasteiger partial charge in [0.1, 0.15) is 5.82 Å². The molecule has 164 valence electrons. The fraction of sp³-hybridized carbons (Fsp3) is 0.0714. The maximum absolute atomic E-state index is 14.0. The lowest BCUT2D eigenvalue weighted by Gasteiger charge is -2.17. The molecule has 0 bridgehead atoms. The van der Waals surface area contributed by atoms with E-state index in [2.05, 4.69) is 52.0 Å². The Morgan fingerprint density at radius 3 is 2.42 bits per heavy atom. The van der Waals surface area contributed by atoms with Crippen LogP contribution in [0.3, 0.4) is 0 Å². The summed E-state index contributed by atoms with van der Waals surface area (Å²) >= 11 is 0. The minimum atomic E-state index is -0.400. The van der Waals surface area contributed by atoms with Crippen LogP contribution < -0.4 is 10.6 Å². The summed E-state index contributed by atoms with van der Waals surface area (Å²) in [5, 5.41) is 6.18. The molecule has 0 atom stereocenters. The number of hydrogen-bond donors (Lipinski definition) is 2. The van der Waals surface area contributed by atoms with Gasteiger partial charge >= 0.3 is 0 Å². The zero-order valence-electron chi connectivity index (χ0n) is 18.5. The molecule has 2 aromatic carbocycles. The average Bonchev–Trinajstić information content (AvgIpc) is 2.85. The molecule has 2 aromatic heterocycles. The number of pyridine rings is 2. The van der Waals surface area contributed by atoms with Gasteiger partial charge in [-0.1, -0.05) is 49.6 Å². The van der Waals surface area contributed by atoms with Crippen LogP contribution in [0.1, 0.15) is 16.7 Å². The third-order valence-electron chi connectivity index (χ3n) is 5.41. The van der Waals surface area contributed by atoms with E-state index in [1.54, 1.807) is 0 Å². The number of hydrogen-bond acceptors (Lipinski definition) is 4. The molecule has 4 aromatic rings. The topological polar surface area (TPSA) is 49.8 Å². The fourth-order valence-corrected chi connectivity index (χ4v) is 3.64. The number of nitrogens with zero attached hydrogens (tertiary/aromatic N) is 2. The number of aromatic nitrogens is 2. The molecule has 0 aliphatic heterocycles. The Balaban J connectivity index is 1.62. The molecule has 33 heavy (non-hydrogen) atoms. The van der Waals surface area contributed by atoms with Crippen molar-refractivity contribution in [3.63, 3.8) is 0 Å². The van der Waals surface area contributed by atoms with Crippen LogP contribution in [0.2, 0.25) is 0 Å². The van der Waals surface area contributed by atoms with Crippen molar-refractivity contribution in [3.8, 4) is 11.1 Å². The number of anilines is 2. The van der Waals surface area contributed by atoms with Crippen LogP contribution in [0.25, 0.3) is 16.7 Å². The van der Waals surface area contributed by atoms with Crippen molar-refractivity contribution in [2.75, 3.05) is 17.7 Å². The third-order valence-corrected chi connectivity index (χ3v) is 5.41. The second-order valence-electron chi connectivity index (χ2n) is 7.69. The molecular weight excluding hydrogens is 411 g/mol. The molecule has 0 saturated heterocycles. The highest BCUT2D eigenvalue weighted by Crippen LogP contribution is 2.33. The highest BCUT2D eigenvalue weighted by Gasteiger charge is 2.13. The number of nitrogens with one attached hydrogen (secondary N) is 2. The van der Waals surface area contributed by atoms with Gasteiger partial charge in [0.05, 0.1) is 11.9 Å². The summed E-state index contributed by atoms with van der Waals surface area (Å²) in [5.41, 5.74) is 7.55. The quantitative estimate of drug-likeness (QED) is 0.307. The molecule has 0 saturated carbocycles. The number of halogens is 1. The maximum atomic E-state index is 14.0. The Kier molecular flexibility index (Phi) is 6.60. The Hall–Kier alpha value is -4.25. The molecule has 0 amide bonds. The van der Waals surface area contributed by atoms with Gasteiger partial charge in [-0.2, -0.15) is 0 Å². The van der Waals surface area contributed by atoms with Crippen molar-refractivity contribution in [1.82, 2.24) is 9.97 Å². The molecular formula is C28H25FN4. The van der Waals surface area contributed by atoms with E-state index in [9.17, 15) is 4.39 Å². The number of rotatable bonds is 8.